The summed E-state index contributed by atoms with van der Waals surface area (Å²) in [5.41, 5.74) is 1.68. The van der Waals surface area contributed by atoms with E-state index in [1.807, 2.05) is 6.92 Å². The molecule has 2 N–H and O–H groups in total. The molecule has 0 spiro atoms. The van der Waals surface area contributed by atoms with Gasteiger partial charge in [0, 0.05) is 6.04 Å². The molecule has 0 aliphatic carbocycles. The number of hydrogen-bond donors (Lipinski definition) is 2. The van der Waals surface area contributed by atoms with Gasteiger partial charge in [0.15, 0.2) is 0 Å². The predicted molar refractivity (Wildman–Crippen MR) is 85.2 cm³/mol. The number of benzene rings is 1. The van der Waals surface area contributed by atoms with E-state index in [9.17, 15) is 14.4 Å². The van der Waals surface area contributed by atoms with Gasteiger partial charge in [-0.05, 0) is 51.9 Å². The highest BCUT2D eigenvalue weighted by Gasteiger charge is 2.41. The van der Waals surface area contributed by atoms with Crippen LogP contribution in [0.2, 0.25) is 0 Å². The zero-order chi connectivity index (χ0) is 16.6. The molecule has 1 saturated heterocycles. The number of nitrogens with zero attached hydrogens (tertiary/aromatic N) is 1. The molecule has 0 aromatic heterocycles. The number of hydrogen-bond acceptors (Lipinski definition) is 4. The van der Waals surface area contributed by atoms with E-state index >= 15 is 0 Å². The molecule has 1 fully saturated rings. The van der Waals surface area contributed by atoms with Gasteiger partial charge in [0.1, 0.15) is 6.04 Å². The Hall–Kier alpha value is -2.21. The van der Waals surface area contributed by atoms with E-state index in [1.54, 1.807) is 25.1 Å². The second-order valence-electron chi connectivity index (χ2n) is 6.24. The highest BCUT2D eigenvalue weighted by molar-refractivity contribution is 6.22. The van der Waals surface area contributed by atoms with Crippen LogP contribution in [0.25, 0.3) is 0 Å². The molecule has 0 radical (unpaired) electrons. The first-order valence-corrected chi connectivity index (χ1v) is 7.98. The molecule has 2 heterocycles. The van der Waals surface area contributed by atoms with Gasteiger partial charge in [-0.2, -0.15) is 0 Å². The summed E-state index contributed by atoms with van der Waals surface area (Å²) in [5, 5.41) is 6.18. The Morgan fingerprint density at radius 1 is 1.22 bits per heavy atom. The van der Waals surface area contributed by atoms with Gasteiger partial charge in [-0.1, -0.05) is 11.6 Å². The summed E-state index contributed by atoms with van der Waals surface area (Å²) in [6, 6.07) is 4.45. The summed E-state index contributed by atoms with van der Waals surface area (Å²) in [6.07, 6.45) is 1.72. The van der Waals surface area contributed by atoms with E-state index in [1.165, 1.54) is 0 Å². The lowest BCUT2D eigenvalue weighted by Crippen LogP contribution is -2.52. The second kappa shape index (κ2) is 6.12. The third-order valence-corrected chi connectivity index (χ3v) is 4.53. The van der Waals surface area contributed by atoms with Crippen LogP contribution in [-0.2, 0) is 4.79 Å². The Balaban J connectivity index is 1.75. The van der Waals surface area contributed by atoms with Gasteiger partial charge in [0.2, 0.25) is 5.91 Å². The van der Waals surface area contributed by atoms with Crippen LogP contribution in [0.1, 0.15) is 46.0 Å². The Morgan fingerprint density at radius 3 is 2.57 bits per heavy atom. The lowest BCUT2D eigenvalue weighted by atomic mass is 10.1. The normalized spacial score (nSPS) is 19.7. The number of piperidine rings is 1. The lowest BCUT2D eigenvalue weighted by Gasteiger charge is -2.27. The average Bonchev–Trinajstić information content (AvgIpc) is 2.78. The van der Waals surface area contributed by atoms with Crippen molar-refractivity contribution in [3.8, 4) is 0 Å². The fourth-order valence-electron chi connectivity index (χ4n) is 3.13. The topological polar surface area (TPSA) is 78.5 Å². The molecular weight excluding hydrogens is 294 g/mol. The molecular formula is C17H21N3O3. The van der Waals surface area contributed by atoms with E-state index in [-0.39, 0.29) is 17.9 Å². The molecule has 6 heteroatoms. The number of aryl methyl sites for hydroxylation is 1. The highest BCUT2D eigenvalue weighted by Crippen LogP contribution is 2.25. The molecule has 1 atom stereocenters. The summed E-state index contributed by atoms with van der Waals surface area (Å²) in [4.78, 5) is 38.5. The second-order valence-corrected chi connectivity index (χ2v) is 6.24. The van der Waals surface area contributed by atoms with Crippen LogP contribution in [0, 0.1) is 6.92 Å². The standard InChI is InChI=1S/C17H21N3O3/c1-10-3-4-13-14(9-10)17(23)20(16(13)22)11(2)15(21)19-12-5-7-18-8-6-12/h3-4,9,11-12,18H,5-8H2,1-2H3,(H,19,21). The van der Waals surface area contributed by atoms with Crippen LogP contribution in [0.15, 0.2) is 18.2 Å². The van der Waals surface area contributed by atoms with Gasteiger partial charge in [0.25, 0.3) is 11.8 Å². The van der Waals surface area contributed by atoms with E-state index in [2.05, 4.69) is 10.6 Å². The van der Waals surface area contributed by atoms with Crippen LogP contribution in [0.4, 0.5) is 0 Å². The molecule has 122 valence electrons. The SMILES string of the molecule is Cc1ccc2c(c1)C(=O)N(C(C)C(=O)NC1CCNCC1)C2=O. The maximum absolute atomic E-state index is 12.5. The van der Waals surface area contributed by atoms with Crippen molar-refractivity contribution in [1.82, 2.24) is 15.5 Å². The van der Waals surface area contributed by atoms with Crippen LogP contribution < -0.4 is 10.6 Å². The van der Waals surface area contributed by atoms with Gasteiger partial charge < -0.3 is 10.6 Å². The van der Waals surface area contributed by atoms with Crippen LogP contribution >= 0.6 is 0 Å². The summed E-state index contributed by atoms with van der Waals surface area (Å²) in [5.74, 6) is -1.05. The number of imide groups is 1. The summed E-state index contributed by atoms with van der Waals surface area (Å²) in [7, 11) is 0. The van der Waals surface area contributed by atoms with Crippen molar-refractivity contribution < 1.29 is 14.4 Å². The molecule has 6 nitrogen and oxygen atoms in total. The molecule has 23 heavy (non-hydrogen) atoms. The zero-order valence-electron chi connectivity index (χ0n) is 13.4. The zero-order valence-corrected chi connectivity index (χ0v) is 13.4. The van der Waals surface area contributed by atoms with Crippen LogP contribution in [0.3, 0.4) is 0 Å². The van der Waals surface area contributed by atoms with Crippen molar-refractivity contribution in [3.63, 3.8) is 0 Å². The molecule has 0 bridgehead atoms. The number of fused-ring (bicyclic) bond motifs is 1. The fourth-order valence-corrected chi connectivity index (χ4v) is 3.13. The van der Waals surface area contributed by atoms with Gasteiger partial charge in [-0.3, -0.25) is 19.3 Å². The maximum Gasteiger partial charge on any atom is 0.262 e. The molecule has 3 rings (SSSR count). The van der Waals surface area contributed by atoms with Crippen molar-refractivity contribution in [2.45, 2.75) is 38.8 Å². The predicted octanol–water partition coefficient (Wildman–Crippen LogP) is 0.848. The molecule has 2 aliphatic rings. The van der Waals surface area contributed by atoms with E-state index < -0.39 is 11.9 Å². The Morgan fingerprint density at radius 2 is 1.87 bits per heavy atom. The first-order valence-electron chi connectivity index (χ1n) is 7.98. The highest BCUT2D eigenvalue weighted by atomic mass is 16.2. The summed E-state index contributed by atoms with van der Waals surface area (Å²) >= 11 is 0. The molecule has 2 aliphatic heterocycles. The monoisotopic (exact) mass is 315 g/mol. The van der Waals surface area contributed by atoms with Gasteiger partial charge >= 0.3 is 0 Å². The third kappa shape index (κ3) is 2.86. The quantitative estimate of drug-likeness (QED) is 0.811. The molecule has 1 aromatic carbocycles. The Bertz CT molecular complexity index is 665. The van der Waals surface area contributed by atoms with Gasteiger partial charge in [-0.15, -0.1) is 0 Å². The van der Waals surface area contributed by atoms with Crippen molar-refractivity contribution >= 4 is 17.7 Å². The molecule has 1 aromatic rings. The minimum atomic E-state index is -0.808. The minimum Gasteiger partial charge on any atom is -0.351 e. The third-order valence-electron chi connectivity index (χ3n) is 4.53. The minimum absolute atomic E-state index is 0.101. The van der Waals surface area contributed by atoms with E-state index in [0.717, 1.165) is 36.4 Å². The van der Waals surface area contributed by atoms with E-state index in [4.69, 9.17) is 0 Å². The fraction of sp³-hybridized carbons (Fsp3) is 0.471. The molecule has 1 unspecified atom stereocenters. The van der Waals surface area contributed by atoms with Crippen LogP contribution in [0.5, 0.6) is 0 Å². The van der Waals surface area contributed by atoms with Crippen molar-refractivity contribution in [1.29, 1.82) is 0 Å². The number of rotatable bonds is 3. The molecule has 3 amide bonds. The largest absolute Gasteiger partial charge is 0.351 e. The van der Waals surface area contributed by atoms with E-state index in [0.29, 0.717) is 11.1 Å². The number of nitrogens with one attached hydrogen (secondary N) is 2. The van der Waals surface area contributed by atoms with Crippen molar-refractivity contribution in [2.75, 3.05) is 13.1 Å². The Kier molecular flexibility index (Phi) is 4.17. The lowest BCUT2D eigenvalue weighted by molar-refractivity contribution is -0.125. The first kappa shape index (κ1) is 15.7. The number of amides is 3. The average molecular weight is 315 g/mol. The van der Waals surface area contributed by atoms with Gasteiger partial charge in [-0.25, -0.2) is 0 Å². The van der Waals surface area contributed by atoms with Crippen molar-refractivity contribution in [2.24, 2.45) is 0 Å². The molecule has 0 saturated carbocycles. The smallest absolute Gasteiger partial charge is 0.262 e. The number of carbonyl (C=O) groups excluding carboxylic acids is 3. The Labute approximate surface area is 135 Å². The maximum atomic E-state index is 12.5. The first-order chi connectivity index (χ1) is 11.0. The van der Waals surface area contributed by atoms with Crippen molar-refractivity contribution in [3.05, 3.63) is 34.9 Å². The number of carbonyl (C=O) groups is 3. The van der Waals surface area contributed by atoms with Gasteiger partial charge in [0.05, 0.1) is 11.1 Å². The van der Waals surface area contributed by atoms with Crippen LogP contribution in [-0.4, -0.2) is 47.8 Å². The summed E-state index contributed by atoms with van der Waals surface area (Å²) in [6.45, 7) is 5.20. The summed E-state index contributed by atoms with van der Waals surface area (Å²) < 4.78 is 0.